The van der Waals surface area contributed by atoms with Crippen LogP contribution in [0.5, 0.6) is 11.5 Å². The van der Waals surface area contributed by atoms with E-state index in [2.05, 4.69) is 5.32 Å². The van der Waals surface area contributed by atoms with Crippen LogP contribution < -0.4 is 10.1 Å². The molecule has 0 spiro atoms. The van der Waals surface area contributed by atoms with Crippen LogP contribution in [0.2, 0.25) is 10.0 Å². The van der Waals surface area contributed by atoms with Crippen molar-refractivity contribution in [1.82, 2.24) is 5.32 Å². The Morgan fingerprint density at radius 2 is 1.95 bits per heavy atom. The molecule has 2 rings (SSSR count). The van der Waals surface area contributed by atoms with Crippen LogP contribution in [0, 0.1) is 0 Å². The Hall–Kier alpha value is -1.42. The molecule has 0 bridgehead atoms. The molecule has 0 aliphatic rings. The summed E-state index contributed by atoms with van der Waals surface area (Å²) in [7, 11) is 1.53. The van der Waals surface area contributed by atoms with Crippen molar-refractivity contribution < 1.29 is 9.84 Å². The third-order valence-electron chi connectivity index (χ3n) is 3.16. The Balaban J connectivity index is 1.83. The number of methoxy groups -OCH3 is 1. The van der Waals surface area contributed by atoms with Gasteiger partial charge < -0.3 is 15.2 Å². The molecule has 0 aromatic heterocycles. The Labute approximate surface area is 134 Å². The number of phenolic OH excluding ortho intramolecular Hbond substituents is 1. The first-order valence-electron chi connectivity index (χ1n) is 6.60. The van der Waals surface area contributed by atoms with Crippen LogP contribution in [0.3, 0.4) is 0 Å². The highest BCUT2D eigenvalue weighted by molar-refractivity contribution is 6.35. The first kappa shape index (κ1) is 16.0. The van der Waals surface area contributed by atoms with E-state index in [1.807, 2.05) is 18.2 Å². The average molecular weight is 326 g/mol. The second kappa shape index (κ2) is 7.55. The molecule has 0 saturated carbocycles. The first-order valence-corrected chi connectivity index (χ1v) is 7.36. The normalized spacial score (nSPS) is 10.6. The molecule has 3 nitrogen and oxygen atoms in total. The fourth-order valence-electron chi connectivity index (χ4n) is 2.03. The molecule has 0 heterocycles. The third kappa shape index (κ3) is 4.53. The van der Waals surface area contributed by atoms with E-state index < -0.39 is 0 Å². The number of benzene rings is 2. The molecule has 0 radical (unpaired) electrons. The van der Waals surface area contributed by atoms with E-state index in [1.54, 1.807) is 18.2 Å². The van der Waals surface area contributed by atoms with Crippen molar-refractivity contribution in [3.8, 4) is 11.5 Å². The van der Waals surface area contributed by atoms with Gasteiger partial charge in [-0.25, -0.2) is 0 Å². The Morgan fingerprint density at radius 3 is 2.62 bits per heavy atom. The van der Waals surface area contributed by atoms with Gasteiger partial charge in [-0.2, -0.15) is 0 Å². The van der Waals surface area contributed by atoms with Gasteiger partial charge in [-0.05, 0) is 48.4 Å². The van der Waals surface area contributed by atoms with Gasteiger partial charge >= 0.3 is 0 Å². The molecule has 0 atom stereocenters. The Kier molecular flexibility index (Phi) is 5.74. The summed E-state index contributed by atoms with van der Waals surface area (Å²) in [5.41, 5.74) is 2.06. The lowest BCUT2D eigenvalue weighted by atomic mass is 10.1. The summed E-state index contributed by atoms with van der Waals surface area (Å²) in [5, 5.41) is 14.3. The van der Waals surface area contributed by atoms with Gasteiger partial charge in [0.25, 0.3) is 0 Å². The first-order chi connectivity index (χ1) is 10.1. The minimum absolute atomic E-state index is 0.151. The number of aromatic hydroxyl groups is 1. The minimum Gasteiger partial charge on any atom is -0.504 e. The van der Waals surface area contributed by atoms with Gasteiger partial charge in [-0.1, -0.05) is 35.3 Å². The van der Waals surface area contributed by atoms with Crippen molar-refractivity contribution in [1.29, 1.82) is 0 Å². The number of phenols is 1. The van der Waals surface area contributed by atoms with Crippen LogP contribution in [0.25, 0.3) is 0 Å². The van der Waals surface area contributed by atoms with Gasteiger partial charge in [0.15, 0.2) is 11.5 Å². The molecule has 2 aromatic carbocycles. The lowest BCUT2D eigenvalue weighted by Crippen LogP contribution is -2.16. The Morgan fingerprint density at radius 1 is 1.14 bits per heavy atom. The summed E-state index contributed by atoms with van der Waals surface area (Å²) in [4.78, 5) is 0. The van der Waals surface area contributed by atoms with E-state index in [9.17, 15) is 5.11 Å². The molecule has 5 heteroatoms. The van der Waals surface area contributed by atoms with Crippen molar-refractivity contribution in [3.05, 3.63) is 57.6 Å². The molecule has 0 fully saturated rings. The van der Waals surface area contributed by atoms with Gasteiger partial charge in [-0.15, -0.1) is 0 Å². The highest BCUT2D eigenvalue weighted by Gasteiger charge is 2.03. The zero-order valence-electron chi connectivity index (χ0n) is 11.7. The molecule has 2 N–H and O–H groups in total. The van der Waals surface area contributed by atoms with Gasteiger partial charge in [-0.3, -0.25) is 0 Å². The molecule has 0 unspecified atom stereocenters. The van der Waals surface area contributed by atoms with E-state index in [0.29, 0.717) is 22.3 Å². The maximum atomic E-state index is 9.71. The maximum Gasteiger partial charge on any atom is 0.160 e. The summed E-state index contributed by atoms with van der Waals surface area (Å²) in [6.45, 7) is 1.46. The highest BCUT2D eigenvalue weighted by atomic mass is 35.5. The summed E-state index contributed by atoms with van der Waals surface area (Å²) < 4.78 is 5.01. The smallest absolute Gasteiger partial charge is 0.160 e. The van der Waals surface area contributed by atoms with E-state index in [0.717, 1.165) is 24.1 Å². The van der Waals surface area contributed by atoms with Crippen molar-refractivity contribution in [2.45, 2.75) is 13.0 Å². The molecular formula is C16H17Cl2NO2. The number of hydrogen-bond acceptors (Lipinski definition) is 3. The second-order valence-corrected chi connectivity index (χ2v) is 5.51. The van der Waals surface area contributed by atoms with Crippen LogP contribution in [-0.2, 0) is 13.0 Å². The van der Waals surface area contributed by atoms with Crippen LogP contribution >= 0.6 is 23.2 Å². The lowest BCUT2D eigenvalue weighted by molar-refractivity contribution is 0.373. The number of ether oxygens (including phenoxy) is 1. The van der Waals surface area contributed by atoms with Crippen molar-refractivity contribution in [3.63, 3.8) is 0 Å². The summed E-state index contributed by atoms with van der Waals surface area (Å²) >= 11 is 12.0. The van der Waals surface area contributed by atoms with Crippen molar-refractivity contribution in [2.75, 3.05) is 13.7 Å². The molecule has 0 amide bonds. The van der Waals surface area contributed by atoms with Gasteiger partial charge in [0.1, 0.15) is 0 Å². The molecular weight excluding hydrogens is 309 g/mol. The number of rotatable bonds is 6. The molecule has 0 aliphatic heterocycles. The highest BCUT2D eigenvalue weighted by Crippen LogP contribution is 2.26. The van der Waals surface area contributed by atoms with E-state index in [4.69, 9.17) is 27.9 Å². The maximum absolute atomic E-state index is 9.71. The van der Waals surface area contributed by atoms with E-state index >= 15 is 0 Å². The quantitative estimate of drug-likeness (QED) is 0.787. The van der Waals surface area contributed by atoms with Gasteiger partial charge in [0.2, 0.25) is 0 Å². The molecule has 0 aliphatic carbocycles. The van der Waals surface area contributed by atoms with E-state index in [-0.39, 0.29) is 5.75 Å². The predicted octanol–water partition coefficient (Wildman–Crippen LogP) is 4.04. The van der Waals surface area contributed by atoms with Crippen molar-refractivity contribution >= 4 is 23.2 Å². The summed E-state index contributed by atoms with van der Waals surface area (Å²) in [6, 6.07) is 10.9. The van der Waals surface area contributed by atoms with E-state index in [1.165, 1.54) is 7.11 Å². The number of nitrogens with one attached hydrogen (secondary N) is 1. The lowest BCUT2D eigenvalue weighted by Gasteiger charge is -2.09. The zero-order chi connectivity index (χ0) is 15.2. The zero-order valence-corrected chi connectivity index (χ0v) is 13.2. The molecule has 0 saturated heterocycles. The predicted molar refractivity (Wildman–Crippen MR) is 86.5 cm³/mol. The number of halogens is 2. The molecule has 112 valence electrons. The fraction of sp³-hybridized carbons (Fsp3) is 0.250. The van der Waals surface area contributed by atoms with Crippen LogP contribution in [0.15, 0.2) is 36.4 Å². The number of hydrogen-bond donors (Lipinski definition) is 2. The molecule has 21 heavy (non-hydrogen) atoms. The average Bonchev–Trinajstić information content (AvgIpc) is 2.45. The second-order valence-electron chi connectivity index (χ2n) is 4.67. The monoisotopic (exact) mass is 325 g/mol. The fourth-order valence-corrected chi connectivity index (χ4v) is 2.53. The summed E-state index contributed by atoms with van der Waals surface area (Å²) in [6.07, 6.45) is 0.818. The minimum atomic E-state index is 0.151. The SMILES string of the molecule is COc1ccc(CNCCc2ccc(Cl)cc2Cl)cc1O. The van der Waals surface area contributed by atoms with Gasteiger partial charge in [0, 0.05) is 16.6 Å². The summed E-state index contributed by atoms with van der Waals surface area (Å²) in [5.74, 6) is 0.629. The van der Waals surface area contributed by atoms with Crippen molar-refractivity contribution in [2.24, 2.45) is 0 Å². The molecule has 2 aromatic rings. The van der Waals surface area contributed by atoms with Crippen LogP contribution in [-0.4, -0.2) is 18.8 Å². The van der Waals surface area contributed by atoms with Crippen LogP contribution in [0.1, 0.15) is 11.1 Å². The largest absolute Gasteiger partial charge is 0.504 e. The standard InChI is InChI=1S/C16H17Cl2NO2/c1-21-16-5-2-11(8-15(16)20)10-19-7-6-12-3-4-13(17)9-14(12)18/h2-5,8-9,19-20H,6-7,10H2,1H3. The van der Waals surface area contributed by atoms with Crippen LogP contribution in [0.4, 0.5) is 0 Å². The topological polar surface area (TPSA) is 41.5 Å². The third-order valence-corrected chi connectivity index (χ3v) is 3.75. The van der Waals surface area contributed by atoms with Gasteiger partial charge in [0.05, 0.1) is 7.11 Å². The Bertz CT molecular complexity index is 617.